The molecule has 3 rings (SSSR count). The van der Waals surface area contributed by atoms with Gasteiger partial charge in [0.25, 0.3) is 0 Å². The van der Waals surface area contributed by atoms with Crippen LogP contribution < -0.4 is 4.74 Å². The number of carboxylic acids is 1. The van der Waals surface area contributed by atoms with Gasteiger partial charge in [-0.05, 0) is 56.0 Å². The van der Waals surface area contributed by atoms with Crippen molar-refractivity contribution in [3.05, 3.63) is 76.3 Å². The summed E-state index contributed by atoms with van der Waals surface area (Å²) in [5, 5.41) is 10.1. The van der Waals surface area contributed by atoms with Crippen LogP contribution in [0.15, 0.2) is 54.6 Å². The number of hydrogen-bond donors (Lipinski definition) is 1. The van der Waals surface area contributed by atoms with Crippen LogP contribution in [-0.2, 0) is 4.74 Å². The van der Waals surface area contributed by atoms with Crippen molar-refractivity contribution in [1.29, 1.82) is 0 Å². The van der Waals surface area contributed by atoms with Crippen molar-refractivity contribution in [3.8, 4) is 5.75 Å². The molecule has 0 bridgehead atoms. The van der Waals surface area contributed by atoms with Gasteiger partial charge in [0.05, 0.1) is 24.4 Å². The Labute approximate surface area is 189 Å². The zero-order valence-electron chi connectivity index (χ0n) is 18.6. The number of carbonyl (C=O) groups is 1. The third-order valence-electron chi connectivity index (χ3n) is 6.01. The highest BCUT2D eigenvalue weighted by molar-refractivity contribution is 6.30. The lowest BCUT2D eigenvalue weighted by molar-refractivity contribution is -0.109. The first kappa shape index (κ1) is 23.4. The van der Waals surface area contributed by atoms with Gasteiger partial charge in [-0.3, -0.25) is 0 Å². The smallest absolute Gasteiger partial charge is 0.335 e. The molecule has 1 saturated heterocycles. The molecule has 1 N–H and O–H groups in total. The maximum Gasteiger partial charge on any atom is 0.335 e. The molecule has 0 spiro atoms. The molecule has 1 aliphatic heterocycles. The first-order valence-electron chi connectivity index (χ1n) is 10.8. The minimum atomic E-state index is -0.977. The molecule has 2 aromatic carbocycles. The maximum atomic E-state index is 11.5. The molecule has 31 heavy (non-hydrogen) atoms. The largest absolute Gasteiger partial charge is 0.493 e. The van der Waals surface area contributed by atoms with Crippen LogP contribution in [0.2, 0.25) is 5.02 Å². The van der Waals surface area contributed by atoms with Gasteiger partial charge in [0, 0.05) is 22.4 Å². The monoisotopic (exact) mass is 442 g/mol. The third kappa shape index (κ3) is 5.13. The Bertz CT molecular complexity index is 952. The Balaban J connectivity index is 2.05. The maximum absolute atomic E-state index is 11.5. The van der Waals surface area contributed by atoms with E-state index in [1.807, 2.05) is 38.1 Å². The second-order valence-electron chi connectivity index (χ2n) is 8.61. The van der Waals surface area contributed by atoms with Crippen molar-refractivity contribution in [2.45, 2.75) is 52.2 Å². The molecule has 1 aliphatic rings. The molecular weight excluding hydrogens is 412 g/mol. The van der Waals surface area contributed by atoms with Crippen molar-refractivity contribution in [1.82, 2.24) is 0 Å². The number of ether oxygens (including phenoxy) is 2. The van der Waals surface area contributed by atoms with Gasteiger partial charge in [-0.2, -0.15) is 0 Å². The van der Waals surface area contributed by atoms with Crippen molar-refractivity contribution in [2.24, 2.45) is 11.8 Å². The molecule has 0 radical (unpaired) electrons. The molecule has 2 aromatic rings. The lowest BCUT2D eigenvalue weighted by Crippen LogP contribution is -2.39. The Hall–Kier alpha value is -2.30. The van der Waals surface area contributed by atoms with E-state index in [1.165, 1.54) is 5.56 Å². The molecule has 5 heteroatoms. The number of rotatable bonds is 7. The number of hydrogen-bond acceptors (Lipinski definition) is 3. The standard InChI is InChI=1S/C26H31ClO4/c1-6-30-23-13-18(26(28)29)10-11-20(23)25-21(15(2)3)14-22(24(31-25)16(4)5)17-8-7-9-19(27)12-17/h7-13,16,21-22,24-25H,2,6,14H2,1,3-5H3,(H,28,29)/t21-,22+,24+,25-/m1/s1. The highest BCUT2D eigenvalue weighted by atomic mass is 35.5. The van der Waals surface area contributed by atoms with Gasteiger partial charge in [-0.25, -0.2) is 4.79 Å². The second-order valence-corrected chi connectivity index (χ2v) is 9.04. The van der Waals surface area contributed by atoms with Crippen molar-refractivity contribution >= 4 is 17.6 Å². The minimum Gasteiger partial charge on any atom is -0.493 e. The minimum absolute atomic E-state index is 0.0207. The van der Waals surface area contributed by atoms with E-state index in [9.17, 15) is 9.90 Å². The lowest BCUT2D eigenvalue weighted by atomic mass is 9.73. The predicted molar refractivity (Wildman–Crippen MR) is 124 cm³/mol. The van der Waals surface area contributed by atoms with Gasteiger partial charge in [0.15, 0.2) is 0 Å². The normalized spacial score (nSPS) is 23.5. The first-order valence-corrected chi connectivity index (χ1v) is 11.2. The summed E-state index contributed by atoms with van der Waals surface area (Å²) < 4.78 is 12.6. The summed E-state index contributed by atoms with van der Waals surface area (Å²) in [4.78, 5) is 11.5. The molecule has 4 atom stereocenters. The summed E-state index contributed by atoms with van der Waals surface area (Å²) >= 11 is 6.29. The summed E-state index contributed by atoms with van der Waals surface area (Å²) in [6.45, 7) is 12.9. The second kappa shape index (κ2) is 9.88. The van der Waals surface area contributed by atoms with E-state index in [1.54, 1.807) is 12.1 Å². The molecule has 0 aliphatic carbocycles. The third-order valence-corrected chi connectivity index (χ3v) is 6.24. The van der Waals surface area contributed by atoms with E-state index in [0.717, 1.165) is 22.6 Å². The quantitative estimate of drug-likeness (QED) is 0.474. The number of halogens is 1. The van der Waals surface area contributed by atoms with Crippen molar-refractivity contribution in [2.75, 3.05) is 6.61 Å². The Morgan fingerprint density at radius 2 is 2.03 bits per heavy atom. The van der Waals surface area contributed by atoms with E-state index in [0.29, 0.717) is 12.4 Å². The van der Waals surface area contributed by atoms with Crippen LogP contribution in [0.25, 0.3) is 0 Å². The van der Waals surface area contributed by atoms with Gasteiger partial charge < -0.3 is 14.6 Å². The van der Waals surface area contributed by atoms with E-state index >= 15 is 0 Å². The molecular formula is C26H31ClO4. The zero-order chi connectivity index (χ0) is 22.7. The highest BCUT2D eigenvalue weighted by Crippen LogP contribution is 2.49. The Kier molecular flexibility index (Phi) is 7.45. The van der Waals surface area contributed by atoms with Crippen LogP contribution in [-0.4, -0.2) is 23.8 Å². The van der Waals surface area contributed by atoms with Gasteiger partial charge in [-0.1, -0.05) is 55.8 Å². The number of carboxylic acid groups (broad SMARTS) is 1. The SMILES string of the molecule is C=C(C)[C@H]1C[C@@H](c2cccc(Cl)c2)[C@H](C(C)C)O[C@@H]1c1ccc(C(=O)O)cc1OCC. The van der Waals surface area contributed by atoms with Gasteiger partial charge in [0.1, 0.15) is 5.75 Å². The molecule has 1 heterocycles. The zero-order valence-corrected chi connectivity index (χ0v) is 19.4. The van der Waals surface area contributed by atoms with E-state index in [4.69, 9.17) is 21.1 Å². The summed E-state index contributed by atoms with van der Waals surface area (Å²) in [6, 6.07) is 13.0. The average Bonchev–Trinajstić information content (AvgIpc) is 2.72. The van der Waals surface area contributed by atoms with Gasteiger partial charge in [-0.15, -0.1) is 0 Å². The van der Waals surface area contributed by atoms with Crippen LogP contribution in [0.5, 0.6) is 5.75 Å². The van der Waals surface area contributed by atoms with Gasteiger partial charge in [0.2, 0.25) is 0 Å². The average molecular weight is 443 g/mol. The van der Waals surface area contributed by atoms with Crippen molar-refractivity contribution < 1.29 is 19.4 Å². The molecule has 0 amide bonds. The molecule has 166 valence electrons. The molecule has 1 fully saturated rings. The van der Waals surface area contributed by atoms with Crippen LogP contribution in [0.3, 0.4) is 0 Å². The molecule has 0 unspecified atom stereocenters. The lowest BCUT2D eigenvalue weighted by Gasteiger charge is -2.44. The predicted octanol–water partition coefficient (Wildman–Crippen LogP) is 6.90. The van der Waals surface area contributed by atoms with E-state index in [2.05, 4.69) is 26.5 Å². The van der Waals surface area contributed by atoms with Crippen molar-refractivity contribution in [3.63, 3.8) is 0 Å². The first-order chi connectivity index (χ1) is 14.7. The van der Waals surface area contributed by atoms with Crippen LogP contribution >= 0.6 is 11.6 Å². The molecule has 0 saturated carbocycles. The molecule has 4 nitrogen and oxygen atoms in total. The van der Waals surface area contributed by atoms with Gasteiger partial charge >= 0.3 is 5.97 Å². The Morgan fingerprint density at radius 3 is 2.61 bits per heavy atom. The van der Waals surface area contributed by atoms with E-state index in [-0.39, 0.29) is 35.5 Å². The summed E-state index contributed by atoms with van der Waals surface area (Å²) in [7, 11) is 0. The van der Waals surface area contributed by atoms with Crippen LogP contribution in [0.1, 0.15) is 67.6 Å². The fraction of sp³-hybridized carbons (Fsp3) is 0.423. The van der Waals surface area contributed by atoms with E-state index < -0.39 is 5.97 Å². The summed E-state index contributed by atoms with van der Waals surface area (Å²) in [5.74, 6) is 0.114. The Morgan fingerprint density at radius 1 is 1.29 bits per heavy atom. The topological polar surface area (TPSA) is 55.8 Å². The molecule has 0 aromatic heterocycles. The fourth-order valence-corrected chi connectivity index (χ4v) is 4.71. The number of benzene rings is 2. The summed E-state index contributed by atoms with van der Waals surface area (Å²) in [5.41, 5.74) is 3.27. The highest BCUT2D eigenvalue weighted by Gasteiger charge is 2.42. The van der Waals surface area contributed by atoms with Crippen LogP contribution in [0, 0.1) is 11.8 Å². The summed E-state index contributed by atoms with van der Waals surface area (Å²) in [6.07, 6.45) is 0.590. The fourth-order valence-electron chi connectivity index (χ4n) is 4.51. The van der Waals surface area contributed by atoms with Crippen LogP contribution in [0.4, 0.5) is 0 Å². The number of aromatic carboxylic acids is 1.